The second-order valence-corrected chi connectivity index (χ2v) is 6.36. The maximum atomic E-state index is 5.55. The van der Waals surface area contributed by atoms with E-state index in [2.05, 4.69) is 20.7 Å². The molecular formula is C11H14N4O2S2. The predicted octanol–water partition coefficient (Wildman–Crippen LogP) is 2.41. The van der Waals surface area contributed by atoms with Crippen molar-refractivity contribution >= 4 is 28.2 Å². The third-order valence-electron chi connectivity index (χ3n) is 2.74. The first-order chi connectivity index (χ1) is 9.40. The summed E-state index contributed by atoms with van der Waals surface area (Å²) in [6, 6.07) is 1.85. The fourth-order valence-electron chi connectivity index (χ4n) is 1.80. The molecule has 0 aromatic carbocycles. The van der Waals surface area contributed by atoms with Gasteiger partial charge in [-0.15, -0.1) is 10.2 Å². The number of thioether (sulfide) groups is 1. The Morgan fingerprint density at radius 3 is 3.26 bits per heavy atom. The average Bonchev–Trinajstić information content (AvgIpc) is 3.16. The van der Waals surface area contributed by atoms with Crippen molar-refractivity contribution in [3.8, 4) is 0 Å². The maximum absolute atomic E-state index is 5.55. The van der Waals surface area contributed by atoms with Crippen LogP contribution in [0.1, 0.15) is 18.6 Å². The second kappa shape index (κ2) is 6.36. The van der Waals surface area contributed by atoms with Gasteiger partial charge in [0.2, 0.25) is 5.13 Å². The molecule has 1 aliphatic heterocycles. The van der Waals surface area contributed by atoms with E-state index in [9.17, 15) is 0 Å². The molecule has 2 aromatic heterocycles. The molecule has 102 valence electrons. The lowest BCUT2D eigenvalue weighted by atomic mass is 10.2. The molecule has 3 rings (SSSR count). The fraction of sp³-hybridized carbons (Fsp3) is 0.545. The molecule has 0 spiro atoms. The first-order valence-corrected chi connectivity index (χ1v) is 7.92. The minimum atomic E-state index is 0.314. The van der Waals surface area contributed by atoms with Crippen molar-refractivity contribution in [1.29, 1.82) is 0 Å². The standard InChI is InChI=1S/C11H14N4O2S2/c1-2-8(16-5-1)6-12-10-14-15-11(19-10)18-7-9-3-4-13-17-9/h3-4,8H,1-2,5-7H2,(H,12,14)/t8-/m1/s1. The Morgan fingerprint density at radius 2 is 2.47 bits per heavy atom. The van der Waals surface area contributed by atoms with E-state index >= 15 is 0 Å². The Hall–Kier alpha value is -1.12. The van der Waals surface area contributed by atoms with Gasteiger partial charge in [-0.25, -0.2) is 0 Å². The number of nitrogens with zero attached hydrogens (tertiary/aromatic N) is 3. The van der Waals surface area contributed by atoms with Crippen LogP contribution in [0.4, 0.5) is 5.13 Å². The zero-order valence-electron chi connectivity index (χ0n) is 10.2. The third-order valence-corrected chi connectivity index (χ3v) is 4.78. The van der Waals surface area contributed by atoms with Crippen LogP contribution in [0.3, 0.4) is 0 Å². The summed E-state index contributed by atoms with van der Waals surface area (Å²) < 4.78 is 11.5. The molecule has 1 N–H and O–H groups in total. The normalized spacial score (nSPS) is 18.8. The fourth-order valence-corrected chi connectivity index (χ4v) is 3.44. The maximum Gasteiger partial charge on any atom is 0.206 e. The minimum Gasteiger partial charge on any atom is -0.376 e. The van der Waals surface area contributed by atoms with Gasteiger partial charge in [0, 0.05) is 19.2 Å². The molecule has 0 radical (unpaired) electrons. The number of rotatable bonds is 6. The van der Waals surface area contributed by atoms with Gasteiger partial charge in [0.1, 0.15) is 5.76 Å². The summed E-state index contributed by atoms with van der Waals surface area (Å²) in [5, 5.41) is 16.0. The van der Waals surface area contributed by atoms with Gasteiger partial charge in [0.05, 0.1) is 18.1 Å². The molecule has 0 saturated carbocycles. The SMILES string of the molecule is c1cc(CSc2nnc(NC[C@H]3CCCO3)s2)on1. The van der Waals surface area contributed by atoms with Crippen LogP contribution in [0.15, 0.2) is 21.1 Å². The topological polar surface area (TPSA) is 73.1 Å². The van der Waals surface area contributed by atoms with Crippen LogP contribution in [0.2, 0.25) is 0 Å². The van der Waals surface area contributed by atoms with Gasteiger partial charge in [0.25, 0.3) is 0 Å². The van der Waals surface area contributed by atoms with E-state index in [-0.39, 0.29) is 0 Å². The number of hydrogen-bond donors (Lipinski definition) is 1. The van der Waals surface area contributed by atoms with E-state index in [1.54, 1.807) is 29.3 Å². The Bertz CT molecular complexity index is 497. The van der Waals surface area contributed by atoms with Crippen molar-refractivity contribution in [1.82, 2.24) is 15.4 Å². The van der Waals surface area contributed by atoms with Gasteiger partial charge in [-0.2, -0.15) is 0 Å². The molecule has 2 aromatic rings. The Kier molecular flexibility index (Phi) is 4.31. The summed E-state index contributed by atoms with van der Waals surface area (Å²) in [5.74, 6) is 1.56. The first kappa shape index (κ1) is 12.9. The molecule has 3 heterocycles. The van der Waals surface area contributed by atoms with Gasteiger partial charge < -0.3 is 14.6 Å². The summed E-state index contributed by atoms with van der Waals surface area (Å²) in [5.41, 5.74) is 0. The lowest BCUT2D eigenvalue weighted by Crippen LogP contribution is -2.18. The Morgan fingerprint density at radius 1 is 1.47 bits per heavy atom. The zero-order valence-corrected chi connectivity index (χ0v) is 11.9. The summed E-state index contributed by atoms with van der Waals surface area (Å²) in [6.07, 6.45) is 4.23. The van der Waals surface area contributed by atoms with Crippen molar-refractivity contribution in [3.05, 3.63) is 18.0 Å². The van der Waals surface area contributed by atoms with Crippen LogP contribution in [0.5, 0.6) is 0 Å². The van der Waals surface area contributed by atoms with Crippen LogP contribution in [0.25, 0.3) is 0 Å². The number of hydrogen-bond acceptors (Lipinski definition) is 8. The van der Waals surface area contributed by atoms with Crippen LogP contribution < -0.4 is 5.32 Å². The van der Waals surface area contributed by atoms with E-state index in [1.165, 1.54) is 0 Å². The molecule has 8 heteroatoms. The van der Waals surface area contributed by atoms with E-state index in [0.29, 0.717) is 6.10 Å². The van der Waals surface area contributed by atoms with Crippen molar-refractivity contribution in [2.24, 2.45) is 0 Å². The monoisotopic (exact) mass is 298 g/mol. The summed E-state index contributed by atoms with van der Waals surface area (Å²) >= 11 is 3.15. The van der Waals surface area contributed by atoms with Gasteiger partial charge in [0.15, 0.2) is 4.34 Å². The van der Waals surface area contributed by atoms with E-state index in [0.717, 1.165) is 47.0 Å². The van der Waals surface area contributed by atoms with Crippen molar-refractivity contribution in [3.63, 3.8) is 0 Å². The van der Waals surface area contributed by atoms with Gasteiger partial charge in [-0.3, -0.25) is 0 Å². The Labute approximate surface area is 118 Å². The molecule has 0 amide bonds. The van der Waals surface area contributed by atoms with Crippen molar-refractivity contribution in [2.45, 2.75) is 29.0 Å². The summed E-state index contributed by atoms with van der Waals surface area (Å²) in [6.45, 7) is 1.68. The summed E-state index contributed by atoms with van der Waals surface area (Å²) in [4.78, 5) is 0. The molecule has 0 aliphatic carbocycles. The number of anilines is 1. The minimum absolute atomic E-state index is 0.314. The van der Waals surface area contributed by atoms with Crippen LogP contribution in [-0.4, -0.2) is 34.6 Å². The first-order valence-electron chi connectivity index (χ1n) is 6.11. The highest BCUT2D eigenvalue weighted by atomic mass is 32.2. The Balaban J connectivity index is 1.45. The number of ether oxygens (including phenoxy) is 1. The van der Waals surface area contributed by atoms with E-state index < -0.39 is 0 Å². The molecule has 0 bridgehead atoms. The van der Waals surface area contributed by atoms with Crippen molar-refractivity contribution in [2.75, 3.05) is 18.5 Å². The quantitative estimate of drug-likeness (QED) is 0.821. The molecule has 19 heavy (non-hydrogen) atoms. The molecule has 0 unspecified atom stereocenters. The smallest absolute Gasteiger partial charge is 0.206 e. The third kappa shape index (κ3) is 3.68. The number of aromatic nitrogens is 3. The number of nitrogens with one attached hydrogen (secondary N) is 1. The summed E-state index contributed by atoms with van der Waals surface area (Å²) in [7, 11) is 0. The van der Waals surface area contributed by atoms with Gasteiger partial charge in [-0.1, -0.05) is 28.3 Å². The molecule has 1 saturated heterocycles. The lowest BCUT2D eigenvalue weighted by Gasteiger charge is -2.08. The molecule has 1 aliphatic rings. The largest absolute Gasteiger partial charge is 0.376 e. The van der Waals surface area contributed by atoms with Gasteiger partial charge in [-0.05, 0) is 12.8 Å². The lowest BCUT2D eigenvalue weighted by molar-refractivity contribution is 0.120. The molecule has 1 fully saturated rings. The second-order valence-electron chi connectivity index (χ2n) is 4.16. The predicted molar refractivity (Wildman–Crippen MR) is 73.4 cm³/mol. The van der Waals surface area contributed by atoms with E-state index in [4.69, 9.17) is 9.26 Å². The van der Waals surface area contributed by atoms with Crippen LogP contribution in [-0.2, 0) is 10.5 Å². The molecule has 6 nitrogen and oxygen atoms in total. The average molecular weight is 298 g/mol. The van der Waals surface area contributed by atoms with E-state index in [1.807, 2.05) is 6.07 Å². The van der Waals surface area contributed by atoms with Crippen molar-refractivity contribution < 1.29 is 9.26 Å². The highest BCUT2D eigenvalue weighted by molar-refractivity contribution is 8.00. The molecule has 1 atom stereocenters. The van der Waals surface area contributed by atoms with Crippen LogP contribution >= 0.6 is 23.1 Å². The zero-order chi connectivity index (χ0) is 12.9. The molecular weight excluding hydrogens is 284 g/mol. The van der Waals surface area contributed by atoms with Crippen LogP contribution in [0, 0.1) is 0 Å². The highest BCUT2D eigenvalue weighted by Gasteiger charge is 2.15. The highest BCUT2D eigenvalue weighted by Crippen LogP contribution is 2.28. The van der Waals surface area contributed by atoms with Gasteiger partial charge >= 0.3 is 0 Å².